The number of sulfonamides is 1. The van der Waals surface area contributed by atoms with Crippen molar-refractivity contribution in [1.29, 1.82) is 0 Å². The first-order valence-corrected chi connectivity index (χ1v) is 7.82. The third kappa shape index (κ3) is 1.92. The molecule has 1 saturated heterocycles. The van der Waals surface area contributed by atoms with Gasteiger partial charge in [0, 0.05) is 6.07 Å². The molecule has 0 unspecified atom stereocenters. The van der Waals surface area contributed by atoms with Crippen molar-refractivity contribution in [3.05, 3.63) is 38.3 Å². The van der Waals surface area contributed by atoms with Crippen LogP contribution in [-0.4, -0.2) is 28.3 Å². The molecule has 1 aliphatic rings. The van der Waals surface area contributed by atoms with Crippen LogP contribution >= 0.6 is 15.9 Å². The molecule has 1 aliphatic heterocycles. The molecule has 9 heteroatoms. The molecule has 1 amide bonds. The van der Waals surface area contributed by atoms with E-state index in [0.29, 0.717) is 5.56 Å². The summed E-state index contributed by atoms with van der Waals surface area (Å²) in [5.41, 5.74) is 0.193. The van der Waals surface area contributed by atoms with Gasteiger partial charge in [0.05, 0.1) is 11.5 Å². The molecule has 1 aromatic rings. The molecule has 108 valence electrons. The van der Waals surface area contributed by atoms with Gasteiger partial charge < -0.3 is 0 Å². The van der Waals surface area contributed by atoms with E-state index < -0.39 is 25.6 Å². The van der Waals surface area contributed by atoms with Crippen molar-refractivity contribution in [2.45, 2.75) is 25.1 Å². The molecule has 0 aliphatic carbocycles. The molecule has 20 heavy (non-hydrogen) atoms. The Bertz CT molecular complexity index is 714. The fraction of sp³-hybridized carbons (Fsp3) is 0.364. The maximum absolute atomic E-state index is 12.0. The highest BCUT2D eigenvalue weighted by Crippen LogP contribution is 2.38. The number of benzene rings is 1. The lowest BCUT2D eigenvalue weighted by Gasteiger charge is -2.43. The predicted octanol–water partition coefficient (Wildman–Crippen LogP) is 1.81. The summed E-state index contributed by atoms with van der Waals surface area (Å²) in [6, 6.07) is 4.27. The minimum Gasteiger partial charge on any atom is -0.272 e. The number of halogens is 1. The maximum atomic E-state index is 12.0. The lowest BCUT2D eigenvalue weighted by molar-refractivity contribution is -0.385. The van der Waals surface area contributed by atoms with Crippen LogP contribution in [0.1, 0.15) is 19.4 Å². The first-order valence-electron chi connectivity index (χ1n) is 5.59. The summed E-state index contributed by atoms with van der Waals surface area (Å²) in [4.78, 5) is 22.1. The lowest BCUT2D eigenvalue weighted by atomic mass is 10.1. The summed E-state index contributed by atoms with van der Waals surface area (Å²) in [5.74, 6) is -0.518. The fourth-order valence-corrected chi connectivity index (χ4v) is 3.94. The predicted molar refractivity (Wildman–Crippen MR) is 74.3 cm³/mol. The Morgan fingerprint density at radius 1 is 1.40 bits per heavy atom. The van der Waals surface area contributed by atoms with E-state index in [2.05, 4.69) is 15.9 Å². The highest BCUT2D eigenvalue weighted by molar-refractivity contribution is 9.10. The number of carbonyl (C=O) groups is 1. The molecule has 0 N–H and O–H groups in total. The van der Waals surface area contributed by atoms with E-state index in [1.54, 1.807) is 0 Å². The quantitative estimate of drug-likeness (QED) is 0.603. The van der Waals surface area contributed by atoms with Gasteiger partial charge in [-0.3, -0.25) is 14.9 Å². The Kier molecular flexibility index (Phi) is 3.37. The molecule has 0 aromatic heterocycles. The number of carbonyl (C=O) groups excluding carboxylic acids is 1. The van der Waals surface area contributed by atoms with E-state index >= 15 is 0 Å². The van der Waals surface area contributed by atoms with E-state index in [1.165, 1.54) is 32.0 Å². The van der Waals surface area contributed by atoms with Crippen LogP contribution in [0.5, 0.6) is 0 Å². The number of nitrogens with zero attached hydrogens (tertiary/aromatic N) is 2. The second-order valence-electron chi connectivity index (χ2n) is 4.83. The first kappa shape index (κ1) is 14.9. The Hall–Kier alpha value is -1.48. The van der Waals surface area contributed by atoms with Gasteiger partial charge in [-0.2, -0.15) is 0 Å². The first-order chi connectivity index (χ1) is 9.10. The zero-order valence-corrected chi connectivity index (χ0v) is 13.1. The van der Waals surface area contributed by atoms with Gasteiger partial charge >= 0.3 is 0 Å². The summed E-state index contributed by atoms with van der Waals surface area (Å²) >= 11 is 3.08. The van der Waals surface area contributed by atoms with Crippen LogP contribution in [0.2, 0.25) is 0 Å². The van der Waals surface area contributed by atoms with Gasteiger partial charge in [0.15, 0.2) is 4.75 Å². The molecule has 7 nitrogen and oxygen atoms in total. The molecular weight excluding hydrogens is 352 g/mol. The van der Waals surface area contributed by atoms with Crippen molar-refractivity contribution in [3.63, 3.8) is 0 Å². The number of nitro benzene ring substituents is 1. The smallest absolute Gasteiger partial charge is 0.272 e. The van der Waals surface area contributed by atoms with Crippen LogP contribution in [0, 0.1) is 10.1 Å². The van der Waals surface area contributed by atoms with E-state index in [1.807, 2.05) is 0 Å². The summed E-state index contributed by atoms with van der Waals surface area (Å²) in [7, 11) is -3.70. The molecular formula is C11H11BrN2O5S. The number of hydrogen-bond donors (Lipinski definition) is 0. The second-order valence-corrected chi connectivity index (χ2v) is 8.04. The Morgan fingerprint density at radius 2 is 2.00 bits per heavy atom. The number of amides is 1. The van der Waals surface area contributed by atoms with Crippen molar-refractivity contribution in [1.82, 2.24) is 4.31 Å². The highest BCUT2D eigenvalue weighted by Gasteiger charge is 2.60. The Morgan fingerprint density at radius 3 is 2.50 bits per heavy atom. The third-order valence-electron chi connectivity index (χ3n) is 3.25. The minimum absolute atomic E-state index is 0.174. The van der Waals surface area contributed by atoms with Gasteiger partial charge in [0.25, 0.3) is 21.6 Å². The molecule has 2 rings (SSSR count). The normalized spacial score (nSPS) is 19.6. The van der Waals surface area contributed by atoms with Crippen molar-refractivity contribution < 1.29 is 18.1 Å². The van der Waals surface area contributed by atoms with E-state index in [9.17, 15) is 23.3 Å². The largest absolute Gasteiger partial charge is 0.283 e. The van der Waals surface area contributed by atoms with Crippen molar-refractivity contribution in [2.75, 3.05) is 0 Å². The van der Waals surface area contributed by atoms with Gasteiger partial charge in [0.2, 0.25) is 0 Å². The van der Waals surface area contributed by atoms with Gasteiger partial charge in [0.1, 0.15) is 4.47 Å². The van der Waals surface area contributed by atoms with Crippen LogP contribution < -0.4 is 0 Å². The SMILES string of the molecule is CC1(C)C(=O)N(Cc2cccc([N+](=O)[O-])c2Br)S1(=O)=O. The average molecular weight is 363 g/mol. The van der Waals surface area contributed by atoms with Crippen LogP contribution in [0.4, 0.5) is 5.69 Å². The molecule has 0 radical (unpaired) electrons. The summed E-state index contributed by atoms with van der Waals surface area (Å²) < 4.78 is 23.4. The van der Waals surface area contributed by atoms with Crippen molar-refractivity contribution in [3.8, 4) is 0 Å². The molecule has 1 fully saturated rings. The van der Waals surface area contributed by atoms with Gasteiger partial charge in [-0.15, -0.1) is 0 Å². The Labute approximate surface area is 123 Å². The average Bonchev–Trinajstić information content (AvgIpc) is 2.35. The lowest BCUT2D eigenvalue weighted by Crippen LogP contribution is -2.66. The summed E-state index contributed by atoms with van der Waals surface area (Å²) in [5, 5.41) is 10.8. The molecule has 1 heterocycles. The van der Waals surface area contributed by atoms with Crippen molar-refractivity contribution in [2.24, 2.45) is 0 Å². The van der Waals surface area contributed by atoms with E-state index in [-0.39, 0.29) is 16.7 Å². The van der Waals surface area contributed by atoms with Gasteiger partial charge in [-0.25, -0.2) is 12.7 Å². The monoisotopic (exact) mass is 362 g/mol. The minimum atomic E-state index is -3.70. The van der Waals surface area contributed by atoms with Crippen LogP contribution in [-0.2, 0) is 21.4 Å². The molecule has 0 saturated carbocycles. The zero-order valence-electron chi connectivity index (χ0n) is 10.7. The zero-order chi connectivity index (χ0) is 15.3. The molecule has 1 aromatic carbocycles. The number of nitro groups is 1. The van der Waals surface area contributed by atoms with Crippen molar-refractivity contribution >= 4 is 37.5 Å². The standard InChI is InChI=1S/C11H11BrN2O5S/c1-11(2)10(15)13(20(11,18)19)6-7-4-3-5-8(9(7)12)14(16)17/h3-5H,6H2,1-2H3. The maximum Gasteiger partial charge on any atom is 0.283 e. The van der Waals surface area contributed by atoms with E-state index in [4.69, 9.17) is 0 Å². The highest BCUT2D eigenvalue weighted by atomic mass is 79.9. The van der Waals surface area contributed by atoms with Crippen LogP contribution in [0.3, 0.4) is 0 Å². The summed E-state index contributed by atoms with van der Waals surface area (Å²) in [6.07, 6.45) is 0. The third-order valence-corrected chi connectivity index (χ3v) is 6.50. The van der Waals surface area contributed by atoms with Crippen LogP contribution in [0.15, 0.2) is 22.7 Å². The number of rotatable bonds is 3. The molecule has 0 spiro atoms. The second kappa shape index (κ2) is 4.52. The van der Waals surface area contributed by atoms with Gasteiger partial charge in [-0.1, -0.05) is 12.1 Å². The topological polar surface area (TPSA) is 97.6 Å². The number of hydrogen-bond acceptors (Lipinski definition) is 5. The summed E-state index contributed by atoms with van der Waals surface area (Å²) in [6.45, 7) is 2.46. The molecule has 0 bridgehead atoms. The molecule has 0 atom stereocenters. The van der Waals surface area contributed by atoms with Gasteiger partial charge in [-0.05, 0) is 35.3 Å². The van der Waals surface area contributed by atoms with Crippen LogP contribution in [0.25, 0.3) is 0 Å². The Balaban J connectivity index is 2.36. The fourth-order valence-electron chi connectivity index (χ4n) is 1.90. The van der Waals surface area contributed by atoms with E-state index in [0.717, 1.165) is 4.31 Å².